The summed E-state index contributed by atoms with van der Waals surface area (Å²) in [6, 6.07) is 7.46. The third kappa shape index (κ3) is 5.21. The summed E-state index contributed by atoms with van der Waals surface area (Å²) in [5.41, 5.74) is 7.81. The lowest BCUT2D eigenvalue weighted by molar-refractivity contribution is -0.117. The monoisotopic (exact) mass is 284 g/mol. The standard InChI is InChI=1S/C15H24N2O.ClH/c1-5-8-12(16)14(18)17-13-10-7-6-9-11(13)15(2,3)4;/h6-7,9-10,12H,5,8,16H2,1-4H3,(H,17,18);1H. The largest absolute Gasteiger partial charge is 0.324 e. The van der Waals surface area contributed by atoms with E-state index >= 15 is 0 Å². The molecule has 0 fully saturated rings. The summed E-state index contributed by atoms with van der Waals surface area (Å²) in [5, 5.41) is 2.94. The van der Waals surface area contributed by atoms with Gasteiger partial charge in [0, 0.05) is 5.69 Å². The summed E-state index contributed by atoms with van der Waals surface area (Å²) in [6.45, 7) is 8.41. The zero-order valence-electron chi connectivity index (χ0n) is 12.2. The second kappa shape index (κ2) is 7.51. The number of rotatable bonds is 4. The number of hydrogen-bond acceptors (Lipinski definition) is 2. The molecule has 0 saturated heterocycles. The van der Waals surface area contributed by atoms with Crippen LogP contribution in [0.15, 0.2) is 24.3 Å². The molecule has 0 radical (unpaired) electrons. The van der Waals surface area contributed by atoms with Gasteiger partial charge < -0.3 is 11.1 Å². The van der Waals surface area contributed by atoms with E-state index in [9.17, 15) is 4.79 Å². The maximum atomic E-state index is 11.9. The van der Waals surface area contributed by atoms with E-state index in [0.717, 1.165) is 17.7 Å². The van der Waals surface area contributed by atoms with Crippen molar-refractivity contribution in [2.24, 2.45) is 5.73 Å². The molecule has 1 unspecified atom stereocenters. The van der Waals surface area contributed by atoms with Gasteiger partial charge in [-0.2, -0.15) is 0 Å². The van der Waals surface area contributed by atoms with Crippen molar-refractivity contribution in [3.05, 3.63) is 29.8 Å². The molecule has 1 atom stereocenters. The highest BCUT2D eigenvalue weighted by atomic mass is 35.5. The molecule has 1 aromatic rings. The zero-order valence-corrected chi connectivity index (χ0v) is 13.0. The molecule has 0 aliphatic rings. The number of carbonyl (C=O) groups is 1. The summed E-state index contributed by atoms with van der Waals surface area (Å²) in [6.07, 6.45) is 1.62. The van der Waals surface area contributed by atoms with Crippen LogP contribution in [-0.2, 0) is 10.2 Å². The number of benzene rings is 1. The molecular weight excluding hydrogens is 260 g/mol. The van der Waals surface area contributed by atoms with Gasteiger partial charge in [-0.15, -0.1) is 12.4 Å². The minimum atomic E-state index is -0.428. The molecular formula is C15H25ClN2O. The number of anilines is 1. The Bertz CT molecular complexity index is 413. The first-order chi connectivity index (χ1) is 8.36. The predicted molar refractivity (Wildman–Crippen MR) is 83.9 cm³/mol. The minimum absolute atomic E-state index is 0. The highest BCUT2D eigenvalue weighted by Gasteiger charge is 2.20. The van der Waals surface area contributed by atoms with Gasteiger partial charge in [-0.1, -0.05) is 52.3 Å². The molecule has 0 spiro atoms. The fourth-order valence-corrected chi connectivity index (χ4v) is 1.91. The van der Waals surface area contributed by atoms with Gasteiger partial charge in [0.1, 0.15) is 0 Å². The topological polar surface area (TPSA) is 55.1 Å². The van der Waals surface area contributed by atoms with Crippen LogP contribution in [0.1, 0.15) is 46.1 Å². The Kier molecular flexibility index (Phi) is 7.09. The first kappa shape index (κ1) is 17.9. The summed E-state index contributed by atoms with van der Waals surface area (Å²) < 4.78 is 0. The van der Waals surface area contributed by atoms with Crippen LogP contribution in [0, 0.1) is 0 Å². The van der Waals surface area contributed by atoms with E-state index in [2.05, 4.69) is 26.1 Å². The zero-order chi connectivity index (χ0) is 13.8. The molecule has 1 amide bonds. The molecule has 3 N–H and O–H groups in total. The summed E-state index contributed by atoms with van der Waals surface area (Å²) >= 11 is 0. The Morgan fingerprint density at radius 1 is 1.32 bits per heavy atom. The number of para-hydroxylation sites is 1. The van der Waals surface area contributed by atoms with Crippen molar-refractivity contribution in [1.29, 1.82) is 0 Å². The van der Waals surface area contributed by atoms with Crippen molar-refractivity contribution in [2.45, 2.75) is 52.0 Å². The summed E-state index contributed by atoms with van der Waals surface area (Å²) in [4.78, 5) is 11.9. The third-order valence-electron chi connectivity index (χ3n) is 2.93. The van der Waals surface area contributed by atoms with Gasteiger partial charge in [-0.05, 0) is 23.5 Å². The van der Waals surface area contributed by atoms with Crippen LogP contribution in [0.4, 0.5) is 5.69 Å². The maximum Gasteiger partial charge on any atom is 0.241 e. The van der Waals surface area contributed by atoms with Gasteiger partial charge in [0.2, 0.25) is 5.91 Å². The van der Waals surface area contributed by atoms with E-state index in [1.807, 2.05) is 31.2 Å². The van der Waals surface area contributed by atoms with Crippen molar-refractivity contribution in [1.82, 2.24) is 0 Å². The molecule has 108 valence electrons. The molecule has 0 aromatic heterocycles. The van der Waals surface area contributed by atoms with Crippen LogP contribution in [0.25, 0.3) is 0 Å². The van der Waals surface area contributed by atoms with Crippen LogP contribution in [0.2, 0.25) is 0 Å². The number of nitrogens with two attached hydrogens (primary N) is 1. The molecule has 0 aliphatic carbocycles. The van der Waals surface area contributed by atoms with Crippen LogP contribution in [0.5, 0.6) is 0 Å². The second-order valence-corrected chi connectivity index (χ2v) is 5.68. The minimum Gasteiger partial charge on any atom is -0.324 e. The van der Waals surface area contributed by atoms with Crippen LogP contribution >= 0.6 is 12.4 Å². The summed E-state index contributed by atoms with van der Waals surface area (Å²) in [7, 11) is 0. The number of carbonyl (C=O) groups excluding carboxylic acids is 1. The van der Waals surface area contributed by atoms with E-state index < -0.39 is 6.04 Å². The van der Waals surface area contributed by atoms with Gasteiger partial charge in [0.15, 0.2) is 0 Å². The first-order valence-electron chi connectivity index (χ1n) is 6.52. The number of halogens is 1. The van der Waals surface area contributed by atoms with Crippen LogP contribution < -0.4 is 11.1 Å². The quantitative estimate of drug-likeness (QED) is 0.889. The van der Waals surface area contributed by atoms with Crippen molar-refractivity contribution < 1.29 is 4.79 Å². The molecule has 3 nitrogen and oxygen atoms in total. The van der Waals surface area contributed by atoms with Crippen molar-refractivity contribution in [3.8, 4) is 0 Å². The lowest BCUT2D eigenvalue weighted by atomic mass is 9.86. The normalized spacial score (nSPS) is 12.5. The van der Waals surface area contributed by atoms with E-state index in [4.69, 9.17) is 5.73 Å². The Labute approximate surface area is 122 Å². The highest BCUT2D eigenvalue weighted by Crippen LogP contribution is 2.29. The van der Waals surface area contributed by atoms with Gasteiger partial charge >= 0.3 is 0 Å². The molecule has 0 bridgehead atoms. The Hall–Kier alpha value is -1.06. The number of hydrogen-bond donors (Lipinski definition) is 2. The summed E-state index contributed by atoms with van der Waals surface area (Å²) in [5.74, 6) is -0.103. The molecule has 1 rings (SSSR count). The molecule has 0 saturated carbocycles. The van der Waals surface area contributed by atoms with Gasteiger partial charge in [0.05, 0.1) is 6.04 Å². The Morgan fingerprint density at radius 3 is 2.42 bits per heavy atom. The van der Waals surface area contributed by atoms with E-state index in [0.29, 0.717) is 6.42 Å². The van der Waals surface area contributed by atoms with Gasteiger partial charge in [0.25, 0.3) is 0 Å². The lowest BCUT2D eigenvalue weighted by Gasteiger charge is -2.23. The molecule has 0 heterocycles. The smallest absolute Gasteiger partial charge is 0.241 e. The van der Waals surface area contributed by atoms with Crippen LogP contribution in [0.3, 0.4) is 0 Å². The van der Waals surface area contributed by atoms with E-state index in [1.165, 1.54) is 0 Å². The molecule has 19 heavy (non-hydrogen) atoms. The van der Waals surface area contributed by atoms with Crippen LogP contribution in [-0.4, -0.2) is 11.9 Å². The number of nitrogens with one attached hydrogen (secondary N) is 1. The van der Waals surface area contributed by atoms with Crippen molar-refractivity contribution >= 4 is 24.0 Å². The molecule has 4 heteroatoms. The number of amides is 1. The predicted octanol–water partition coefficient (Wildman–Crippen LogP) is 3.47. The van der Waals surface area contributed by atoms with Gasteiger partial charge in [-0.3, -0.25) is 4.79 Å². The average molecular weight is 285 g/mol. The third-order valence-corrected chi connectivity index (χ3v) is 2.93. The SMILES string of the molecule is CCCC(N)C(=O)Nc1ccccc1C(C)(C)C.Cl. The van der Waals surface area contributed by atoms with E-state index in [1.54, 1.807) is 0 Å². The molecule has 1 aromatic carbocycles. The fourth-order valence-electron chi connectivity index (χ4n) is 1.91. The highest BCUT2D eigenvalue weighted by molar-refractivity contribution is 5.95. The van der Waals surface area contributed by atoms with E-state index in [-0.39, 0.29) is 23.7 Å². The Balaban J connectivity index is 0.00000324. The first-order valence-corrected chi connectivity index (χ1v) is 6.52. The fraction of sp³-hybridized carbons (Fsp3) is 0.533. The van der Waals surface area contributed by atoms with Crippen molar-refractivity contribution in [3.63, 3.8) is 0 Å². The second-order valence-electron chi connectivity index (χ2n) is 5.68. The van der Waals surface area contributed by atoms with Gasteiger partial charge in [-0.25, -0.2) is 0 Å². The lowest BCUT2D eigenvalue weighted by Crippen LogP contribution is -2.36. The molecule has 0 aliphatic heterocycles. The average Bonchev–Trinajstić information content (AvgIpc) is 2.28. The maximum absolute atomic E-state index is 11.9. The van der Waals surface area contributed by atoms with Crippen molar-refractivity contribution in [2.75, 3.05) is 5.32 Å². The Morgan fingerprint density at radius 2 is 1.89 bits per heavy atom.